The molecule has 0 unspecified atom stereocenters. The van der Waals surface area contributed by atoms with E-state index < -0.39 is 0 Å². The van der Waals surface area contributed by atoms with Crippen LogP contribution in [-0.2, 0) is 11.2 Å². The average Bonchev–Trinajstić information content (AvgIpc) is 2.79. The highest BCUT2D eigenvalue weighted by molar-refractivity contribution is 5.76. The third-order valence-corrected chi connectivity index (χ3v) is 2.90. The minimum Gasteiger partial charge on any atom is -0.508 e. The number of phenols is 1. The zero-order valence-corrected chi connectivity index (χ0v) is 11.3. The van der Waals surface area contributed by atoms with Gasteiger partial charge in [0.2, 0.25) is 0 Å². The van der Waals surface area contributed by atoms with Crippen molar-refractivity contribution in [2.24, 2.45) is 0 Å². The van der Waals surface area contributed by atoms with E-state index in [2.05, 4.69) is 15.3 Å². The fraction of sp³-hybridized carbons (Fsp3) is 0.500. The third-order valence-electron chi connectivity index (χ3n) is 2.90. The van der Waals surface area contributed by atoms with Gasteiger partial charge in [0.1, 0.15) is 11.6 Å². The van der Waals surface area contributed by atoms with Crippen LogP contribution in [0.4, 0.5) is 0 Å². The van der Waals surface area contributed by atoms with Crippen molar-refractivity contribution in [3.8, 4) is 5.75 Å². The van der Waals surface area contributed by atoms with Crippen LogP contribution in [0.1, 0.15) is 19.2 Å². The van der Waals surface area contributed by atoms with E-state index >= 15 is 0 Å². The second-order valence-electron chi connectivity index (χ2n) is 4.44. The number of benzene rings is 1. The van der Waals surface area contributed by atoms with Crippen molar-refractivity contribution >= 4 is 11.0 Å². The number of phenolic OH excluding ortho intramolecular Hbond substituents is 1. The van der Waals surface area contributed by atoms with E-state index in [1.165, 1.54) is 0 Å². The predicted molar refractivity (Wildman–Crippen MR) is 75.4 cm³/mol. The molecule has 0 aliphatic rings. The summed E-state index contributed by atoms with van der Waals surface area (Å²) in [4.78, 5) is 7.68. The molecule has 1 aromatic carbocycles. The van der Waals surface area contributed by atoms with Crippen LogP contribution < -0.4 is 5.32 Å². The first-order chi connectivity index (χ1) is 9.29. The van der Waals surface area contributed by atoms with Crippen molar-refractivity contribution < 1.29 is 9.84 Å². The molecule has 1 aromatic heterocycles. The van der Waals surface area contributed by atoms with Crippen molar-refractivity contribution in [1.82, 2.24) is 15.3 Å². The highest BCUT2D eigenvalue weighted by Gasteiger charge is 2.02. The minimum atomic E-state index is 0.261. The van der Waals surface area contributed by atoms with Crippen LogP contribution >= 0.6 is 0 Å². The summed E-state index contributed by atoms with van der Waals surface area (Å²) < 4.78 is 5.27. The smallest absolute Gasteiger partial charge is 0.117 e. The molecule has 0 saturated carbocycles. The van der Waals surface area contributed by atoms with E-state index in [0.717, 1.165) is 56.0 Å². The molecule has 2 aromatic rings. The summed E-state index contributed by atoms with van der Waals surface area (Å²) >= 11 is 0. The number of rotatable bonds is 8. The lowest BCUT2D eigenvalue weighted by molar-refractivity contribution is 0.145. The SMILES string of the molecule is CCOCCCNCCc1nc2ccc(O)cc2[nH]1. The Morgan fingerprint density at radius 3 is 3.11 bits per heavy atom. The van der Waals surface area contributed by atoms with E-state index in [-0.39, 0.29) is 5.75 Å². The molecule has 104 valence electrons. The molecule has 0 bridgehead atoms. The minimum absolute atomic E-state index is 0.261. The largest absolute Gasteiger partial charge is 0.508 e. The molecule has 0 fully saturated rings. The Balaban J connectivity index is 1.72. The number of imidazole rings is 1. The van der Waals surface area contributed by atoms with Gasteiger partial charge in [0.05, 0.1) is 11.0 Å². The quantitative estimate of drug-likeness (QED) is 0.635. The van der Waals surface area contributed by atoms with Crippen molar-refractivity contribution in [3.63, 3.8) is 0 Å². The second-order valence-corrected chi connectivity index (χ2v) is 4.44. The van der Waals surface area contributed by atoms with Gasteiger partial charge in [0.15, 0.2) is 0 Å². The van der Waals surface area contributed by atoms with Crippen molar-refractivity contribution in [3.05, 3.63) is 24.0 Å². The number of aromatic nitrogens is 2. The Morgan fingerprint density at radius 1 is 1.37 bits per heavy atom. The summed E-state index contributed by atoms with van der Waals surface area (Å²) in [6.07, 6.45) is 1.88. The molecule has 3 N–H and O–H groups in total. The molecule has 5 heteroatoms. The molecule has 0 saturated heterocycles. The first kappa shape index (κ1) is 13.8. The molecule has 2 rings (SSSR count). The lowest BCUT2D eigenvalue weighted by atomic mass is 10.3. The van der Waals surface area contributed by atoms with Crippen LogP contribution in [0, 0.1) is 0 Å². The summed E-state index contributed by atoms with van der Waals surface area (Å²) in [6.45, 7) is 5.45. The zero-order chi connectivity index (χ0) is 13.5. The summed E-state index contributed by atoms with van der Waals surface area (Å²) in [7, 11) is 0. The van der Waals surface area contributed by atoms with Crippen molar-refractivity contribution in [1.29, 1.82) is 0 Å². The van der Waals surface area contributed by atoms with E-state index in [0.29, 0.717) is 0 Å². The summed E-state index contributed by atoms with van der Waals surface area (Å²) in [5.74, 6) is 1.20. The molecule has 0 aliphatic carbocycles. The maximum absolute atomic E-state index is 9.38. The number of H-pyrrole nitrogens is 1. The Morgan fingerprint density at radius 2 is 2.26 bits per heavy atom. The lowest BCUT2D eigenvalue weighted by Gasteiger charge is -2.03. The Kier molecular flexibility index (Phi) is 5.18. The van der Waals surface area contributed by atoms with Gasteiger partial charge in [-0.2, -0.15) is 0 Å². The monoisotopic (exact) mass is 263 g/mol. The number of hydrogen-bond acceptors (Lipinski definition) is 4. The normalized spacial score (nSPS) is 11.2. The van der Waals surface area contributed by atoms with Gasteiger partial charge in [-0.1, -0.05) is 0 Å². The van der Waals surface area contributed by atoms with Gasteiger partial charge in [-0.15, -0.1) is 0 Å². The van der Waals surface area contributed by atoms with Gasteiger partial charge < -0.3 is 20.1 Å². The molecular weight excluding hydrogens is 242 g/mol. The van der Waals surface area contributed by atoms with Crippen molar-refractivity contribution in [2.75, 3.05) is 26.3 Å². The van der Waals surface area contributed by atoms with Crippen LogP contribution in [0.3, 0.4) is 0 Å². The molecule has 0 radical (unpaired) electrons. The van der Waals surface area contributed by atoms with Crippen LogP contribution in [-0.4, -0.2) is 41.4 Å². The Labute approximate surface area is 113 Å². The van der Waals surface area contributed by atoms with E-state index in [1.807, 2.05) is 13.0 Å². The standard InChI is InChI=1S/C14H21N3O2/c1-2-19-9-3-7-15-8-6-14-16-12-5-4-11(18)10-13(12)17-14/h4-5,10,15,18H,2-3,6-9H2,1H3,(H,16,17). The van der Waals surface area contributed by atoms with Gasteiger partial charge in [-0.05, 0) is 32.0 Å². The fourth-order valence-electron chi connectivity index (χ4n) is 1.94. The van der Waals surface area contributed by atoms with Gasteiger partial charge in [-0.3, -0.25) is 0 Å². The number of hydrogen-bond donors (Lipinski definition) is 3. The molecule has 5 nitrogen and oxygen atoms in total. The molecular formula is C14H21N3O2. The fourth-order valence-corrected chi connectivity index (χ4v) is 1.94. The lowest BCUT2D eigenvalue weighted by Crippen LogP contribution is -2.20. The Hall–Kier alpha value is -1.59. The van der Waals surface area contributed by atoms with Crippen LogP contribution in [0.5, 0.6) is 5.75 Å². The first-order valence-electron chi connectivity index (χ1n) is 6.75. The Bertz CT molecular complexity index is 510. The van der Waals surface area contributed by atoms with Gasteiger partial charge in [-0.25, -0.2) is 4.98 Å². The van der Waals surface area contributed by atoms with E-state index in [1.54, 1.807) is 12.1 Å². The van der Waals surface area contributed by atoms with Crippen LogP contribution in [0.2, 0.25) is 0 Å². The molecule has 0 amide bonds. The van der Waals surface area contributed by atoms with Crippen LogP contribution in [0.15, 0.2) is 18.2 Å². The molecule has 0 spiro atoms. The summed E-state index contributed by atoms with van der Waals surface area (Å²) in [5, 5.41) is 12.7. The number of nitrogens with zero attached hydrogens (tertiary/aromatic N) is 1. The number of nitrogens with one attached hydrogen (secondary N) is 2. The number of aromatic hydroxyl groups is 1. The first-order valence-corrected chi connectivity index (χ1v) is 6.75. The third kappa shape index (κ3) is 4.22. The topological polar surface area (TPSA) is 70.2 Å². The highest BCUT2D eigenvalue weighted by Crippen LogP contribution is 2.17. The predicted octanol–water partition coefficient (Wildman–Crippen LogP) is 1.83. The van der Waals surface area contributed by atoms with Gasteiger partial charge >= 0.3 is 0 Å². The van der Waals surface area contributed by atoms with Gasteiger partial charge in [0, 0.05) is 32.2 Å². The average molecular weight is 263 g/mol. The van der Waals surface area contributed by atoms with E-state index in [4.69, 9.17) is 4.74 Å². The number of aromatic amines is 1. The second kappa shape index (κ2) is 7.11. The highest BCUT2D eigenvalue weighted by atomic mass is 16.5. The molecule has 1 heterocycles. The van der Waals surface area contributed by atoms with E-state index in [9.17, 15) is 5.11 Å². The summed E-state index contributed by atoms with van der Waals surface area (Å²) in [5.41, 5.74) is 1.77. The van der Waals surface area contributed by atoms with Crippen LogP contribution in [0.25, 0.3) is 11.0 Å². The molecule has 0 atom stereocenters. The maximum atomic E-state index is 9.38. The molecule has 0 aliphatic heterocycles. The number of ether oxygens (including phenoxy) is 1. The maximum Gasteiger partial charge on any atom is 0.117 e. The zero-order valence-electron chi connectivity index (χ0n) is 11.3. The number of fused-ring (bicyclic) bond motifs is 1. The molecule has 19 heavy (non-hydrogen) atoms. The summed E-state index contributed by atoms with van der Waals surface area (Å²) in [6, 6.07) is 5.17. The van der Waals surface area contributed by atoms with Crippen molar-refractivity contribution in [2.45, 2.75) is 19.8 Å². The van der Waals surface area contributed by atoms with Gasteiger partial charge in [0.25, 0.3) is 0 Å².